The molecule has 6 nitrogen and oxygen atoms in total. The Balaban J connectivity index is 2.30. The van der Waals surface area contributed by atoms with Crippen molar-refractivity contribution in [2.75, 3.05) is 0 Å². The number of rotatable bonds is 5. The number of carboxylic acids is 1. The zero-order chi connectivity index (χ0) is 19.6. The average molecular weight is 357 g/mol. The zero-order valence-electron chi connectivity index (χ0n) is 16.3. The van der Waals surface area contributed by atoms with Gasteiger partial charge in [0.2, 0.25) is 0 Å². The minimum Gasteiger partial charge on any atom is -0.481 e. The van der Waals surface area contributed by atoms with Crippen molar-refractivity contribution in [2.24, 2.45) is 7.05 Å². The molecule has 0 radical (unpaired) electrons. The van der Waals surface area contributed by atoms with E-state index >= 15 is 0 Å². The Morgan fingerprint density at radius 1 is 1.19 bits per heavy atom. The molecule has 0 spiro atoms. The minimum absolute atomic E-state index is 0.00794. The molecule has 2 N–H and O–H groups in total. The summed E-state index contributed by atoms with van der Waals surface area (Å²) in [6, 6.07) is 7.14. The molecule has 1 atom stereocenters. The maximum atomic E-state index is 12.7. The van der Waals surface area contributed by atoms with E-state index in [4.69, 9.17) is 0 Å². The van der Waals surface area contributed by atoms with Crippen LogP contribution < -0.4 is 5.32 Å². The summed E-state index contributed by atoms with van der Waals surface area (Å²) in [6.45, 7) is 9.94. The molecule has 0 aliphatic heterocycles. The molecule has 0 aliphatic rings. The number of hydrogen-bond acceptors (Lipinski definition) is 3. The molecule has 0 saturated carbocycles. The van der Waals surface area contributed by atoms with Gasteiger partial charge < -0.3 is 10.4 Å². The predicted molar refractivity (Wildman–Crippen MR) is 100 cm³/mol. The van der Waals surface area contributed by atoms with E-state index in [1.165, 1.54) is 0 Å². The van der Waals surface area contributed by atoms with Crippen molar-refractivity contribution in [1.29, 1.82) is 0 Å². The van der Waals surface area contributed by atoms with E-state index in [0.29, 0.717) is 11.3 Å². The van der Waals surface area contributed by atoms with Crippen molar-refractivity contribution in [3.8, 4) is 0 Å². The van der Waals surface area contributed by atoms with Gasteiger partial charge in [-0.05, 0) is 30.4 Å². The first kappa shape index (κ1) is 19.7. The van der Waals surface area contributed by atoms with E-state index in [1.807, 2.05) is 31.2 Å². The molecule has 1 aromatic heterocycles. The monoisotopic (exact) mass is 357 g/mol. The summed E-state index contributed by atoms with van der Waals surface area (Å²) in [5, 5.41) is 16.4. The van der Waals surface area contributed by atoms with Gasteiger partial charge in [0.25, 0.3) is 5.91 Å². The molecule has 140 valence electrons. The summed E-state index contributed by atoms with van der Waals surface area (Å²) in [5.41, 5.74) is 3.80. The first-order valence-electron chi connectivity index (χ1n) is 8.64. The largest absolute Gasteiger partial charge is 0.481 e. The standard InChI is InChI=1S/C20H27N3O3/c1-12-18(13(2)23(6)22-12)19(26)21-16(11-17(24)25)14-7-9-15(10-8-14)20(3,4)5/h7-10,16H,11H2,1-6H3,(H,21,26)(H,24,25). The van der Waals surface area contributed by atoms with Gasteiger partial charge >= 0.3 is 5.97 Å². The normalized spacial score (nSPS) is 12.7. The van der Waals surface area contributed by atoms with Gasteiger partial charge in [-0.2, -0.15) is 5.10 Å². The third-order valence-electron chi connectivity index (χ3n) is 4.60. The summed E-state index contributed by atoms with van der Waals surface area (Å²) < 4.78 is 1.65. The van der Waals surface area contributed by atoms with Crippen molar-refractivity contribution >= 4 is 11.9 Å². The number of hydrogen-bond donors (Lipinski definition) is 2. The molecule has 6 heteroatoms. The molecular weight excluding hydrogens is 330 g/mol. The van der Waals surface area contributed by atoms with Crippen molar-refractivity contribution in [1.82, 2.24) is 15.1 Å². The van der Waals surface area contributed by atoms with Crippen LogP contribution in [0.5, 0.6) is 0 Å². The molecule has 1 amide bonds. The van der Waals surface area contributed by atoms with Gasteiger partial charge in [-0.1, -0.05) is 45.0 Å². The van der Waals surface area contributed by atoms with E-state index in [9.17, 15) is 14.7 Å². The number of nitrogens with zero attached hydrogens (tertiary/aromatic N) is 2. The van der Waals surface area contributed by atoms with E-state index in [1.54, 1.807) is 18.7 Å². The molecule has 26 heavy (non-hydrogen) atoms. The molecule has 1 aromatic carbocycles. The third-order valence-corrected chi connectivity index (χ3v) is 4.60. The highest BCUT2D eigenvalue weighted by molar-refractivity contribution is 5.96. The van der Waals surface area contributed by atoms with Crippen LogP contribution in [-0.2, 0) is 17.3 Å². The molecule has 1 heterocycles. The van der Waals surface area contributed by atoms with E-state index in [0.717, 1.165) is 16.8 Å². The lowest BCUT2D eigenvalue weighted by atomic mass is 9.86. The summed E-state index contributed by atoms with van der Waals surface area (Å²) in [4.78, 5) is 24.0. The first-order valence-corrected chi connectivity index (χ1v) is 8.64. The van der Waals surface area contributed by atoms with Gasteiger partial charge in [0.15, 0.2) is 0 Å². The summed E-state index contributed by atoms with van der Waals surface area (Å²) in [7, 11) is 1.78. The number of carbonyl (C=O) groups excluding carboxylic acids is 1. The lowest BCUT2D eigenvalue weighted by molar-refractivity contribution is -0.137. The summed E-state index contributed by atoms with van der Waals surface area (Å²) >= 11 is 0. The lowest BCUT2D eigenvalue weighted by Crippen LogP contribution is -2.31. The minimum atomic E-state index is -0.963. The van der Waals surface area contributed by atoms with Crippen LogP contribution in [0, 0.1) is 13.8 Å². The second kappa shape index (κ2) is 7.32. The zero-order valence-corrected chi connectivity index (χ0v) is 16.3. The Hall–Kier alpha value is -2.63. The SMILES string of the molecule is Cc1nn(C)c(C)c1C(=O)NC(CC(=O)O)c1ccc(C(C)(C)C)cc1. The number of carboxylic acid groups (broad SMARTS) is 1. The van der Waals surface area contributed by atoms with Crippen molar-refractivity contribution < 1.29 is 14.7 Å². The van der Waals surface area contributed by atoms with Crippen LogP contribution in [0.1, 0.15) is 66.1 Å². The van der Waals surface area contributed by atoms with Crippen molar-refractivity contribution in [3.63, 3.8) is 0 Å². The number of nitrogens with one attached hydrogen (secondary N) is 1. The van der Waals surface area contributed by atoms with Crippen LogP contribution in [0.25, 0.3) is 0 Å². The Bertz CT molecular complexity index is 814. The van der Waals surface area contributed by atoms with Gasteiger partial charge in [-0.15, -0.1) is 0 Å². The number of carbonyl (C=O) groups is 2. The first-order chi connectivity index (χ1) is 12.0. The topological polar surface area (TPSA) is 84.2 Å². The number of aromatic nitrogens is 2. The van der Waals surface area contributed by atoms with E-state index in [2.05, 4.69) is 31.2 Å². The van der Waals surface area contributed by atoms with Crippen LogP contribution in [0.4, 0.5) is 0 Å². The highest BCUT2D eigenvalue weighted by atomic mass is 16.4. The molecule has 1 unspecified atom stereocenters. The van der Waals surface area contributed by atoms with Crippen LogP contribution in [0.15, 0.2) is 24.3 Å². The summed E-state index contributed by atoms with van der Waals surface area (Å²) in [5.74, 6) is -1.27. The molecule has 0 aliphatic carbocycles. The Kier molecular flexibility index (Phi) is 5.54. The van der Waals surface area contributed by atoms with Crippen LogP contribution in [0.3, 0.4) is 0 Å². The smallest absolute Gasteiger partial charge is 0.305 e. The van der Waals surface area contributed by atoms with E-state index in [-0.39, 0.29) is 17.7 Å². The number of amides is 1. The summed E-state index contributed by atoms with van der Waals surface area (Å²) in [6.07, 6.45) is -0.182. The number of benzene rings is 1. The number of aliphatic carboxylic acids is 1. The molecular formula is C20H27N3O3. The fraction of sp³-hybridized carbons (Fsp3) is 0.450. The van der Waals surface area contributed by atoms with Gasteiger partial charge in [0.05, 0.1) is 23.7 Å². The Labute approximate surface area is 154 Å². The molecule has 2 rings (SSSR count). The van der Waals surface area contributed by atoms with Crippen molar-refractivity contribution in [3.05, 3.63) is 52.3 Å². The highest BCUT2D eigenvalue weighted by Gasteiger charge is 2.23. The fourth-order valence-electron chi connectivity index (χ4n) is 2.97. The molecule has 0 saturated heterocycles. The fourth-order valence-corrected chi connectivity index (χ4v) is 2.97. The van der Waals surface area contributed by atoms with Gasteiger partial charge in [-0.3, -0.25) is 14.3 Å². The van der Waals surface area contributed by atoms with Crippen LogP contribution >= 0.6 is 0 Å². The van der Waals surface area contributed by atoms with Gasteiger partial charge in [-0.25, -0.2) is 0 Å². The lowest BCUT2D eigenvalue weighted by Gasteiger charge is -2.22. The molecule has 0 bridgehead atoms. The Morgan fingerprint density at radius 2 is 1.77 bits per heavy atom. The highest BCUT2D eigenvalue weighted by Crippen LogP contribution is 2.25. The maximum Gasteiger partial charge on any atom is 0.305 e. The maximum absolute atomic E-state index is 12.7. The van der Waals surface area contributed by atoms with Crippen molar-refractivity contribution in [2.45, 2.75) is 52.5 Å². The van der Waals surface area contributed by atoms with Gasteiger partial charge in [0.1, 0.15) is 0 Å². The molecule has 0 fully saturated rings. The van der Waals surface area contributed by atoms with E-state index < -0.39 is 12.0 Å². The quantitative estimate of drug-likeness (QED) is 0.860. The number of aryl methyl sites for hydroxylation is 2. The molecule has 2 aromatic rings. The second-order valence-electron chi connectivity index (χ2n) is 7.67. The predicted octanol–water partition coefficient (Wildman–Crippen LogP) is 3.28. The van der Waals surface area contributed by atoms with Crippen LogP contribution in [0.2, 0.25) is 0 Å². The Morgan fingerprint density at radius 3 is 2.19 bits per heavy atom. The second-order valence-corrected chi connectivity index (χ2v) is 7.67. The third kappa shape index (κ3) is 4.31. The van der Waals surface area contributed by atoms with Gasteiger partial charge in [0, 0.05) is 12.7 Å². The van der Waals surface area contributed by atoms with Crippen LogP contribution in [-0.4, -0.2) is 26.8 Å². The average Bonchev–Trinajstić information content (AvgIpc) is 2.78.